The van der Waals surface area contributed by atoms with Gasteiger partial charge in [0.15, 0.2) is 25.0 Å². The fraction of sp³-hybridized carbons (Fsp3) is 0.923. The Hall–Kier alpha value is -1.92. The zero-order valence-electron chi connectivity index (χ0n) is 42.8. The van der Waals surface area contributed by atoms with Crippen molar-refractivity contribution < 1.29 is 93.8 Å². The Labute approximate surface area is 417 Å². The van der Waals surface area contributed by atoms with Crippen LogP contribution < -0.4 is 0 Å². The molecule has 5 aliphatic carbocycles. The molecule has 23 atom stereocenters. The minimum Gasteiger partial charge on any atom is -0.481 e. The lowest BCUT2D eigenvalue weighted by Crippen LogP contribution is -2.69. The normalized spacial score (nSPS) is 50.3. The molecule has 0 bridgehead atoms. The van der Waals surface area contributed by atoms with Crippen LogP contribution in [0.15, 0.2) is 11.6 Å². The number of aliphatic hydroxyl groups excluding tert-OH is 9. The maximum Gasteiger partial charge on any atom is 0.338 e. The van der Waals surface area contributed by atoms with Gasteiger partial charge in [0.25, 0.3) is 0 Å². The Morgan fingerprint density at radius 1 is 0.662 bits per heavy atom. The van der Waals surface area contributed by atoms with Crippen LogP contribution in [0.3, 0.4) is 0 Å². The van der Waals surface area contributed by atoms with Gasteiger partial charge in [-0.2, -0.15) is 0 Å². The zero-order chi connectivity index (χ0) is 52.0. The molecule has 19 heteroatoms. The number of rotatable bonds is 13. The predicted molar refractivity (Wildman–Crippen MR) is 249 cm³/mol. The summed E-state index contributed by atoms with van der Waals surface area (Å²) in [6.45, 7) is 16.4. The van der Waals surface area contributed by atoms with Crippen molar-refractivity contribution in [3.63, 3.8) is 0 Å². The molecule has 0 aromatic heterocycles. The van der Waals surface area contributed by atoms with Gasteiger partial charge in [-0.15, -0.1) is 0 Å². The Morgan fingerprint density at radius 2 is 1.25 bits per heavy atom. The van der Waals surface area contributed by atoms with Gasteiger partial charge in [-0.3, -0.25) is 4.79 Å². The van der Waals surface area contributed by atoms with Gasteiger partial charge in [-0.1, -0.05) is 73.5 Å². The highest BCUT2D eigenvalue weighted by atomic mass is 16.8. The largest absolute Gasteiger partial charge is 0.481 e. The molecule has 4 saturated carbocycles. The molecule has 10 N–H and O–H groups in total. The van der Waals surface area contributed by atoms with Crippen molar-refractivity contribution in [1.82, 2.24) is 0 Å². The first-order chi connectivity index (χ1) is 33.3. The van der Waals surface area contributed by atoms with Crippen molar-refractivity contribution in [2.45, 2.75) is 231 Å². The molecule has 3 aliphatic heterocycles. The first-order valence-corrected chi connectivity index (χ1v) is 26.3. The number of ether oxygens (including phenoxy) is 7. The van der Waals surface area contributed by atoms with Crippen LogP contribution in [-0.2, 0) is 42.7 Å². The summed E-state index contributed by atoms with van der Waals surface area (Å²) in [5, 5.41) is 108. The van der Waals surface area contributed by atoms with E-state index in [1.165, 1.54) is 5.57 Å². The predicted octanol–water partition coefficient (Wildman–Crippen LogP) is 2.06. The van der Waals surface area contributed by atoms with E-state index in [2.05, 4.69) is 54.5 Å². The average molecular weight is 1010 g/mol. The number of hydrogen-bond donors (Lipinski definition) is 10. The molecular formula is C52H84O19. The van der Waals surface area contributed by atoms with Crippen molar-refractivity contribution in [2.75, 3.05) is 19.8 Å². The summed E-state index contributed by atoms with van der Waals surface area (Å²) in [5.41, 5.74) is -0.532. The summed E-state index contributed by atoms with van der Waals surface area (Å²) in [7, 11) is 0. The van der Waals surface area contributed by atoms with Gasteiger partial charge in [-0.05, 0) is 115 Å². The minimum atomic E-state index is -1.99. The second-order valence-electron chi connectivity index (χ2n) is 24.7. The molecule has 0 unspecified atom stereocenters. The molecule has 3 saturated heterocycles. The van der Waals surface area contributed by atoms with Gasteiger partial charge in [0.05, 0.1) is 31.3 Å². The Balaban J connectivity index is 1.13. The number of allylic oxidation sites excluding steroid dienone is 2. The molecule has 0 amide bonds. The summed E-state index contributed by atoms with van der Waals surface area (Å²) >= 11 is 0. The summed E-state index contributed by atoms with van der Waals surface area (Å²) in [6, 6.07) is 0. The van der Waals surface area contributed by atoms with Gasteiger partial charge in [0, 0.05) is 0 Å². The lowest BCUT2D eigenvalue weighted by atomic mass is 9.33. The van der Waals surface area contributed by atoms with Crippen LogP contribution in [0.2, 0.25) is 0 Å². The molecule has 0 spiro atoms. The molecule has 0 aromatic carbocycles. The topological polar surface area (TPSA) is 301 Å². The van der Waals surface area contributed by atoms with Crippen molar-refractivity contribution >= 4 is 11.9 Å². The van der Waals surface area contributed by atoms with Gasteiger partial charge in [0.2, 0.25) is 0 Å². The average Bonchev–Trinajstić information content (AvgIpc) is 3.31. The Morgan fingerprint density at radius 3 is 1.83 bits per heavy atom. The minimum absolute atomic E-state index is 0.0126. The van der Waals surface area contributed by atoms with E-state index in [9.17, 15) is 60.7 Å². The molecule has 0 aromatic rings. The van der Waals surface area contributed by atoms with Crippen molar-refractivity contribution in [1.29, 1.82) is 0 Å². The van der Waals surface area contributed by atoms with Crippen molar-refractivity contribution in [2.24, 2.45) is 50.2 Å². The third-order valence-electron chi connectivity index (χ3n) is 20.1. The number of carboxylic acids is 1. The Kier molecular flexibility index (Phi) is 15.8. The smallest absolute Gasteiger partial charge is 0.338 e. The number of esters is 1. The second kappa shape index (κ2) is 20.2. The van der Waals surface area contributed by atoms with Gasteiger partial charge in [0.1, 0.15) is 67.1 Å². The molecule has 0 radical (unpaired) electrons. The number of fused-ring (bicyclic) bond motifs is 7. The van der Waals surface area contributed by atoms with Crippen molar-refractivity contribution in [3.8, 4) is 0 Å². The molecule has 3 heterocycles. The molecule has 7 fully saturated rings. The third-order valence-corrected chi connectivity index (χ3v) is 20.1. The lowest BCUT2D eigenvalue weighted by molar-refractivity contribution is -0.396. The van der Waals surface area contributed by atoms with Crippen LogP contribution in [-0.4, -0.2) is 181 Å². The molecule has 19 nitrogen and oxygen atoms in total. The van der Waals surface area contributed by atoms with E-state index in [0.717, 1.165) is 44.9 Å². The lowest BCUT2D eigenvalue weighted by Gasteiger charge is -2.71. The summed E-state index contributed by atoms with van der Waals surface area (Å²) in [5.74, 6) is -1.35. The SMILES string of the molecule is CCCCOC(=O)[C@H]1O[C@@H](O[C@H]2CC[C@]3(C)[C@H]4CC=C5[C@@H]6CC(C)(C)CC[C@]6(C(=O)O)CC[C@@]5(C)[C@]4(C)CC[C@H]3C2(C)C)[C@H](O[C@@H]2O[C@H](CO)[C@@H](O)[C@H](O)[C@H]2O)[C@@H](O[C@H]2O[C@@H](CO)[C@@H](O)[C@@H](O)[C@@H]2O)[C@@H]1O. The first kappa shape index (κ1) is 55.3. The number of carbonyl (C=O) groups excluding carboxylic acids is 1. The fourth-order valence-corrected chi connectivity index (χ4v) is 15.5. The van der Waals surface area contributed by atoms with E-state index >= 15 is 0 Å². The van der Waals surface area contributed by atoms with Crippen LogP contribution in [0.1, 0.15) is 132 Å². The van der Waals surface area contributed by atoms with E-state index in [1.54, 1.807) is 0 Å². The van der Waals surface area contributed by atoms with E-state index in [0.29, 0.717) is 32.1 Å². The number of aliphatic carboxylic acids is 1. The quantitative estimate of drug-likeness (QED) is 0.0547. The zero-order valence-corrected chi connectivity index (χ0v) is 42.8. The molecule has 8 rings (SSSR count). The van der Waals surface area contributed by atoms with Crippen LogP contribution in [0.4, 0.5) is 0 Å². The standard InChI is InChI=1S/C52H84O19/c1-9-10-21-65-42(62)40-38(61)39(69-43-36(59)34(57)32(55)27(23-53)66-43)41(71-44-37(60)35(58)33(56)28(24-54)67-44)45(70-40)68-31-14-15-49(6)29(48(31,4)5)13-16-51(8)30(49)12-11-25-26-22-47(2,3)17-19-52(26,46(63)64)20-18-50(25,51)7/h11,26-41,43-45,53-61H,9-10,12-24H2,1-8H3,(H,63,64)/t26-,27-,28+,29-,30+,31-,32+,33+,34+,35-,36-,37+,38-,39-,40-,41+,43+,44-,45+,49-,50+,51+,52-/m0/s1. The van der Waals surface area contributed by atoms with Gasteiger partial charge in [-0.25, -0.2) is 4.79 Å². The van der Waals surface area contributed by atoms with Crippen LogP contribution >= 0.6 is 0 Å². The van der Waals surface area contributed by atoms with E-state index < -0.39 is 134 Å². The monoisotopic (exact) mass is 1010 g/mol. The fourth-order valence-electron chi connectivity index (χ4n) is 15.5. The number of carbonyl (C=O) groups is 2. The maximum atomic E-state index is 13.9. The second-order valence-corrected chi connectivity index (χ2v) is 24.7. The molecular weight excluding hydrogens is 929 g/mol. The summed E-state index contributed by atoms with van der Waals surface area (Å²) in [6.07, 6.45) is -16.1. The third kappa shape index (κ3) is 9.17. The van der Waals surface area contributed by atoms with Gasteiger partial charge < -0.3 is 84.2 Å². The van der Waals surface area contributed by atoms with Crippen LogP contribution in [0.25, 0.3) is 0 Å². The maximum absolute atomic E-state index is 13.9. The molecule has 8 aliphatic rings. The van der Waals surface area contributed by atoms with Gasteiger partial charge >= 0.3 is 11.9 Å². The van der Waals surface area contributed by atoms with Crippen LogP contribution in [0.5, 0.6) is 0 Å². The number of carboxylic acid groups (broad SMARTS) is 1. The summed E-state index contributed by atoms with van der Waals surface area (Å²) < 4.78 is 43.0. The number of hydrogen-bond acceptors (Lipinski definition) is 18. The van der Waals surface area contributed by atoms with E-state index in [4.69, 9.17) is 33.2 Å². The summed E-state index contributed by atoms with van der Waals surface area (Å²) in [4.78, 5) is 27.1. The highest BCUT2D eigenvalue weighted by Crippen LogP contribution is 2.76. The molecule has 406 valence electrons. The van der Waals surface area contributed by atoms with Crippen LogP contribution in [0, 0.1) is 50.2 Å². The number of aliphatic hydroxyl groups is 9. The number of unbranched alkanes of at least 4 members (excludes halogenated alkanes) is 1. The molecule has 71 heavy (non-hydrogen) atoms. The van der Waals surface area contributed by atoms with E-state index in [1.807, 2.05) is 6.92 Å². The first-order valence-electron chi connectivity index (χ1n) is 26.3. The van der Waals surface area contributed by atoms with E-state index in [-0.39, 0.29) is 46.0 Å². The Bertz CT molecular complexity index is 1940. The highest BCUT2D eigenvalue weighted by Gasteiger charge is 2.70. The highest BCUT2D eigenvalue weighted by molar-refractivity contribution is 5.77. The van der Waals surface area contributed by atoms with Crippen molar-refractivity contribution in [3.05, 3.63) is 11.6 Å².